The summed E-state index contributed by atoms with van der Waals surface area (Å²) in [6.45, 7) is 3.78. The molecule has 0 bridgehead atoms. The van der Waals surface area contributed by atoms with Gasteiger partial charge in [-0.05, 0) is 43.2 Å². The Hall–Kier alpha value is -1.46. The van der Waals surface area contributed by atoms with Crippen molar-refractivity contribution in [2.45, 2.75) is 33.1 Å². The summed E-state index contributed by atoms with van der Waals surface area (Å²) in [6.07, 6.45) is 4.12. The third kappa shape index (κ3) is 3.80. The maximum absolute atomic E-state index is 11.2. The number of hydrogen-bond acceptors (Lipinski definition) is 4. The lowest BCUT2D eigenvalue weighted by Crippen LogP contribution is -2.09. The molecule has 0 fully saturated rings. The van der Waals surface area contributed by atoms with Crippen molar-refractivity contribution in [1.29, 1.82) is 0 Å². The minimum atomic E-state index is -0.331. The average molecular weight is 325 g/mol. The molecule has 112 valence electrons. The fourth-order valence-electron chi connectivity index (χ4n) is 2.43. The van der Waals surface area contributed by atoms with Gasteiger partial charge in [0.05, 0.1) is 9.95 Å². The van der Waals surface area contributed by atoms with Crippen molar-refractivity contribution in [1.82, 2.24) is 4.98 Å². The molecule has 1 unspecified atom stereocenters. The second-order valence-corrected chi connectivity index (χ2v) is 6.44. The van der Waals surface area contributed by atoms with Gasteiger partial charge in [0.1, 0.15) is 5.69 Å². The van der Waals surface area contributed by atoms with Crippen LogP contribution < -0.4 is 0 Å². The molecule has 0 aromatic carbocycles. The van der Waals surface area contributed by atoms with Crippen LogP contribution in [0.2, 0.25) is 5.02 Å². The third-order valence-electron chi connectivity index (χ3n) is 3.62. The van der Waals surface area contributed by atoms with Gasteiger partial charge in [-0.15, -0.1) is 11.3 Å². The van der Waals surface area contributed by atoms with Gasteiger partial charge in [0, 0.05) is 16.6 Å². The lowest BCUT2D eigenvalue weighted by Gasteiger charge is -2.14. The molecule has 0 amide bonds. The van der Waals surface area contributed by atoms with Gasteiger partial charge in [-0.25, -0.2) is 0 Å². The summed E-state index contributed by atoms with van der Waals surface area (Å²) in [5, 5.41) is 14.0. The monoisotopic (exact) mass is 324 g/mol. The lowest BCUT2D eigenvalue weighted by molar-refractivity contribution is -0.386. The SMILES string of the molecule is CCC(Cc1ccnc(C)c1[N+](=O)[O-])Cc1sccc1Cl. The summed E-state index contributed by atoms with van der Waals surface area (Å²) >= 11 is 7.78. The number of halogens is 1. The highest BCUT2D eigenvalue weighted by Crippen LogP contribution is 2.30. The zero-order valence-electron chi connectivity index (χ0n) is 12.0. The van der Waals surface area contributed by atoms with Crippen molar-refractivity contribution in [3.8, 4) is 0 Å². The number of aromatic nitrogens is 1. The molecule has 2 aromatic heterocycles. The van der Waals surface area contributed by atoms with Crippen molar-refractivity contribution in [3.05, 3.63) is 55.0 Å². The summed E-state index contributed by atoms with van der Waals surface area (Å²) in [4.78, 5) is 16.1. The Bertz CT molecular complexity index is 642. The predicted octanol–water partition coefficient (Wildman–Crippen LogP) is 4.82. The molecule has 0 N–H and O–H groups in total. The van der Waals surface area contributed by atoms with E-state index in [1.807, 2.05) is 11.4 Å². The standard InChI is InChI=1S/C15H17ClN2O2S/c1-3-11(9-14-13(16)5-7-21-14)8-12-4-6-17-10(2)15(12)18(19)20/h4-7,11H,3,8-9H2,1-2H3. The Labute approximate surface area is 132 Å². The molecule has 2 aromatic rings. The number of aryl methyl sites for hydroxylation is 1. The molecule has 0 aliphatic carbocycles. The molecule has 0 spiro atoms. The van der Waals surface area contributed by atoms with Crippen LogP contribution >= 0.6 is 22.9 Å². The molecule has 1 atom stereocenters. The predicted molar refractivity (Wildman–Crippen MR) is 86.1 cm³/mol. The minimum Gasteiger partial charge on any atom is -0.258 e. The van der Waals surface area contributed by atoms with E-state index in [9.17, 15) is 10.1 Å². The first kappa shape index (κ1) is 15.9. The van der Waals surface area contributed by atoms with E-state index in [2.05, 4.69) is 11.9 Å². The van der Waals surface area contributed by atoms with Crippen LogP contribution in [0.1, 0.15) is 29.5 Å². The number of hydrogen-bond donors (Lipinski definition) is 0. The molecule has 0 saturated heterocycles. The van der Waals surface area contributed by atoms with Gasteiger partial charge >= 0.3 is 0 Å². The summed E-state index contributed by atoms with van der Waals surface area (Å²) in [5.74, 6) is 0.335. The van der Waals surface area contributed by atoms with E-state index in [-0.39, 0.29) is 10.6 Å². The van der Waals surface area contributed by atoms with Crippen molar-refractivity contribution >= 4 is 28.6 Å². The Kier molecular flexibility index (Phi) is 5.31. The van der Waals surface area contributed by atoms with Crippen LogP contribution in [0.15, 0.2) is 23.7 Å². The van der Waals surface area contributed by atoms with Crippen molar-refractivity contribution in [2.24, 2.45) is 5.92 Å². The zero-order valence-corrected chi connectivity index (χ0v) is 13.6. The van der Waals surface area contributed by atoms with E-state index >= 15 is 0 Å². The molecule has 21 heavy (non-hydrogen) atoms. The van der Waals surface area contributed by atoms with Crippen LogP contribution in [-0.4, -0.2) is 9.91 Å². The quantitative estimate of drug-likeness (QED) is 0.565. The van der Waals surface area contributed by atoms with E-state index in [0.717, 1.165) is 28.3 Å². The van der Waals surface area contributed by atoms with E-state index < -0.39 is 0 Å². The zero-order chi connectivity index (χ0) is 15.4. The number of pyridine rings is 1. The third-order valence-corrected chi connectivity index (χ3v) is 5.03. The normalized spacial score (nSPS) is 12.3. The van der Waals surface area contributed by atoms with Gasteiger partial charge in [0.15, 0.2) is 0 Å². The maximum atomic E-state index is 11.2. The molecule has 2 rings (SSSR count). The lowest BCUT2D eigenvalue weighted by atomic mass is 9.92. The van der Waals surface area contributed by atoms with Gasteiger partial charge in [-0.1, -0.05) is 24.9 Å². The van der Waals surface area contributed by atoms with Gasteiger partial charge in [-0.2, -0.15) is 0 Å². The fraction of sp³-hybridized carbons (Fsp3) is 0.400. The Balaban J connectivity index is 2.21. The number of nitrogens with zero attached hydrogens (tertiary/aromatic N) is 2. The number of nitro groups is 1. The van der Waals surface area contributed by atoms with Crippen LogP contribution in [0.4, 0.5) is 5.69 Å². The number of rotatable bonds is 6. The van der Waals surface area contributed by atoms with Crippen molar-refractivity contribution < 1.29 is 4.92 Å². The van der Waals surface area contributed by atoms with Crippen LogP contribution in [0.3, 0.4) is 0 Å². The van der Waals surface area contributed by atoms with Gasteiger partial charge < -0.3 is 0 Å². The molecule has 0 aliphatic heterocycles. The molecule has 0 radical (unpaired) electrons. The molecular weight excluding hydrogens is 308 g/mol. The van der Waals surface area contributed by atoms with Gasteiger partial charge in [-0.3, -0.25) is 15.1 Å². The topological polar surface area (TPSA) is 56.0 Å². The van der Waals surface area contributed by atoms with E-state index in [1.165, 1.54) is 0 Å². The highest BCUT2D eigenvalue weighted by atomic mass is 35.5. The van der Waals surface area contributed by atoms with Gasteiger partial charge in [0.2, 0.25) is 0 Å². The van der Waals surface area contributed by atoms with E-state index in [1.54, 1.807) is 30.5 Å². The highest BCUT2D eigenvalue weighted by molar-refractivity contribution is 7.10. The summed E-state index contributed by atoms with van der Waals surface area (Å²) in [6, 6.07) is 3.65. The van der Waals surface area contributed by atoms with Crippen molar-refractivity contribution in [2.75, 3.05) is 0 Å². The Morgan fingerprint density at radius 3 is 2.76 bits per heavy atom. The first-order valence-electron chi connectivity index (χ1n) is 6.83. The molecular formula is C15H17ClN2O2S. The Morgan fingerprint density at radius 1 is 1.43 bits per heavy atom. The first-order valence-corrected chi connectivity index (χ1v) is 8.09. The molecule has 6 heteroatoms. The first-order chi connectivity index (χ1) is 10.0. The molecule has 0 saturated carbocycles. The largest absolute Gasteiger partial charge is 0.293 e. The fourth-order valence-corrected chi connectivity index (χ4v) is 3.66. The van der Waals surface area contributed by atoms with Crippen LogP contribution in [0, 0.1) is 23.0 Å². The second-order valence-electron chi connectivity index (χ2n) is 5.04. The summed E-state index contributed by atoms with van der Waals surface area (Å²) < 4.78 is 0. The average Bonchev–Trinajstić information content (AvgIpc) is 2.83. The van der Waals surface area contributed by atoms with Crippen LogP contribution in [-0.2, 0) is 12.8 Å². The molecule has 0 aliphatic rings. The van der Waals surface area contributed by atoms with E-state index in [0.29, 0.717) is 18.0 Å². The minimum absolute atomic E-state index is 0.147. The second kappa shape index (κ2) is 7.00. The van der Waals surface area contributed by atoms with Crippen LogP contribution in [0.5, 0.6) is 0 Å². The summed E-state index contributed by atoms with van der Waals surface area (Å²) in [7, 11) is 0. The highest BCUT2D eigenvalue weighted by Gasteiger charge is 2.21. The smallest absolute Gasteiger partial charge is 0.258 e. The van der Waals surface area contributed by atoms with Crippen molar-refractivity contribution in [3.63, 3.8) is 0 Å². The molecule has 4 nitrogen and oxygen atoms in total. The van der Waals surface area contributed by atoms with Gasteiger partial charge in [0.25, 0.3) is 5.69 Å². The molecule has 2 heterocycles. The van der Waals surface area contributed by atoms with E-state index in [4.69, 9.17) is 11.6 Å². The number of thiophene rings is 1. The summed E-state index contributed by atoms with van der Waals surface area (Å²) in [5.41, 5.74) is 1.38. The maximum Gasteiger partial charge on any atom is 0.293 e. The Morgan fingerprint density at radius 2 is 2.19 bits per heavy atom. The van der Waals surface area contributed by atoms with Crippen LogP contribution in [0.25, 0.3) is 0 Å².